The molecule has 128 valence electrons. The first-order chi connectivity index (χ1) is 12.1. The molecule has 0 saturated carbocycles. The number of esters is 1. The summed E-state index contributed by atoms with van der Waals surface area (Å²) in [7, 11) is 0. The highest BCUT2D eigenvalue weighted by Gasteiger charge is 2.22. The number of nitrogens with zero attached hydrogens (tertiary/aromatic N) is 3. The lowest BCUT2D eigenvalue weighted by molar-refractivity contribution is -0.141. The van der Waals surface area contributed by atoms with Gasteiger partial charge in [0.25, 0.3) is 5.91 Å². The number of anilines is 1. The van der Waals surface area contributed by atoms with Crippen molar-refractivity contribution in [2.45, 2.75) is 6.92 Å². The van der Waals surface area contributed by atoms with Crippen LogP contribution in [0.3, 0.4) is 0 Å². The van der Waals surface area contributed by atoms with Crippen LogP contribution in [0.1, 0.15) is 17.3 Å². The zero-order chi connectivity index (χ0) is 17.8. The molecule has 0 fully saturated rings. The van der Waals surface area contributed by atoms with E-state index in [0.717, 1.165) is 22.5 Å². The summed E-state index contributed by atoms with van der Waals surface area (Å²) in [5.41, 5.74) is 3.10. The summed E-state index contributed by atoms with van der Waals surface area (Å²) in [6.07, 6.45) is 1.14. The first kappa shape index (κ1) is 17.0. The number of fused-ring (bicyclic) bond motifs is 1. The number of amides is 1. The van der Waals surface area contributed by atoms with Crippen LogP contribution in [0.4, 0.5) is 10.1 Å². The van der Waals surface area contributed by atoms with Crippen molar-refractivity contribution in [2.24, 2.45) is 0 Å². The Bertz CT molecular complexity index is 911. The second kappa shape index (κ2) is 7.35. The average molecular weight is 359 g/mol. The highest BCUT2D eigenvalue weighted by Crippen LogP contribution is 2.25. The molecule has 1 aromatic carbocycles. The first-order valence-corrected chi connectivity index (χ1v) is 8.38. The first-order valence-electron chi connectivity index (χ1n) is 7.50. The van der Waals surface area contributed by atoms with Crippen LogP contribution >= 0.6 is 11.3 Å². The minimum Gasteiger partial charge on any atom is -0.465 e. The molecule has 8 heteroatoms. The maximum Gasteiger partial charge on any atom is 0.326 e. The number of rotatable bonds is 5. The summed E-state index contributed by atoms with van der Waals surface area (Å²) >= 11 is 1.48. The molecule has 0 bridgehead atoms. The van der Waals surface area contributed by atoms with Crippen LogP contribution in [0.25, 0.3) is 10.2 Å². The van der Waals surface area contributed by atoms with E-state index in [1.807, 2.05) is 6.07 Å². The highest BCUT2D eigenvalue weighted by atomic mass is 32.1. The van der Waals surface area contributed by atoms with Gasteiger partial charge in [0.1, 0.15) is 6.54 Å². The molecular weight excluding hydrogens is 345 g/mol. The van der Waals surface area contributed by atoms with Gasteiger partial charge in [-0.05, 0) is 37.3 Å². The SMILES string of the molecule is CCOC(=O)CN(C(=O)c1ccc(F)nc1)c1ccc2scnc2c1. The Morgan fingerprint density at radius 3 is 2.80 bits per heavy atom. The molecule has 1 amide bonds. The van der Waals surface area contributed by atoms with Gasteiger partial charge >= 0.3 is 5.97 Å². The van der Waals surface area contributed by atoms with Gasteiger partial charge < -0.3 is 4.74 Å². The Hall–Kier alpha value is -2.87. The third-order valence-corrected chi connectivity index (χ3v) is 4.25. The summed E-state index contributed by atoms with van der Waals surface area (Å²) in [6, 6.07) is 7.70. The van der Waals surface area contributed by atoms with E-state index >= 15 is 0 Å². The largest absolute Gasteiger partial charge is 0.465 e. The fourth-order valence-corrected chi connectivity index (χ4v) is 2.95. The molecule has 0 unspecified atom stereocenters. The van der Waals surface area contributed by atoms with E-state index < -0.39 is 17.8 Å². The number of benzene rings is 1. The zero-order valence-electron chi connectivity index (χ0n) is 13.3. The zero-order valence-corrected chi connectivity index (χ0v) is 14.1. The van der Waals surface area contributed by atoms with Gasteiger partial charge in [-0.2, -0.15) is 4.39 Å². The van der Waals surface area contributed by atoms with Crippen molar-refractivity contribution in [3.63, 3.8) is 0 Å². The predicted molar refractivity (Wildman–Crippen MR) is 92.1 cm³/mol. The van der Waals surface area contributed by atoms with Crippen molar-refractivity contribution in [2.75, 3.05) is 18.1 Å². The van der Waals surface area contributed by atoms with Crippen molar-refractivity contribution in [3.8, 4) is 0 Å². The molecule has 25 heavy (non-hydrogen) atoms. The number of aromatic nitrogens is 2. The second-order valence-electron chi connectivity index (χ2n) is 5.07. The highest BCUT2D eigenvalue weighted by molar-refractivity contribution is 7.16. The average Bonchev–Trinajstić information content (AvgIpc) is 3.07. The third kappa shape index (κ3) is 3.80. The van der Waals surface area contributed by atoms with Gasteiger partial charge in [0, 0.05) is 11.9 Å². The molecule has 0 aliphatic carbocycles. The van der Waals surface area contributed by atoms with Gasteiger partial charge in [-0.3, -0.25) is 14.5 Å². The maximum atomic E-state index is 13.0. The molecule has 3 rings (SSSR count). The number of carbonyl (C=O) groups is 2. The Labute approximate surface area is 146 Å². The molecule has 0 radical (unpaired) electrons. The molecule has 0 atom stereocenters. The summed E-state index contributed by atoms with van der Waals surface area (Å²) in [4.78, 5) is 33.7. The van der Waals surface area contributed by atoms with Crippen LogP contribution in [0, 0.1) is 5.95 Å². The Kier molecular flexibility index (Phi) is 4.99. The van der Waals surface area contributed by atoms with Gasteiger partial charge in [0.05, 0.1) is 27.9 Å². The quantitative estimate of drug-likeness (QED) is 0.517. The van der Waals surface area contributed by atoms with E-state index in [4.69, 9.17) is 4.74 Å². The molecule has 0 spiro atoms. The van der Waals surface area contributed by atoms with E-state index in [-0.39, 0.29) is 18.7 Å². The Balaban J connectivity index is 1.97. The van der Waals surface area contributed by atoms with Crippen LogP contribution in [0.5, 0.6) is 0 Å². The maximum absolute atomic E-state index is 13.0. The van der Waals surface area contributed by atoms with E-state index in [1.54, 1.807) is 24.6 Å². The van der Waals surface area contributed by atoms with Gasteiger partial charge in [0.2, 0.25) is 5.95 Å². The van der Waals surface area contributed by atoms with Crippen LogP contribution in [-0.2, 0) is 9.53 Å². The number of ether oxygens (including phenoxy) is 1. The lowest BCUT2D eigenvalue weighted by Gasteiger charge is -2.22. The van der Waals surface area contributed by atoms with Gasteiger partial charge in [-0.25, -0.2) is 9.97 Å². The predicted octanol–water partition coefficient (Wildman–Crippen LogP) is 3.04. The Morgan fingerprint density at radius 2 is 2.08 bits per heavy atom. The van der Waals surface area contributed by atoms with Crippen LogP contribution in [0.15, 0.2) is 42.0 Å². The van der Waals surface area contributed by atoms with E-state index in [0.29, 0.717) is 5.69 Å². The molecule has 0 aliphatic rings. The molecule has 2 heterocycles. The smallest absolute Gasteiger partial charge is 0.326 e. The summed E-state index contributed by atoms with van der Waals surface area (Å²) in [5, 5.41) is 0. The fraction of sp³-hybridized carbons (Fsp3) is 0.176. The minimum absolute atomic E-state index is 0.170. The Morgan fingerprint density at radius 1 is 1.24 bits per heavy atom. The molecule has 2 aromatic heterocycles. The minimum atomic E-state index is -0.683. The lowest BCUT2D eigenvalue weighted by Crippen LogP contribution is -2.36. The number of thiazole rings is 1. The fourth-order valence-electron chi connectivity index (χ4n) is 2.29. The lowest BCUT2D eigenvalue weighted by atomic mass is 10.2. The van der Waals surface area contributed by atoms with E-state index in [1.165, 1.54) is 22.3 Å². The van der Waals surface area contributed by atoms with Gasteiger partial charge in [-0.15, -0.1) is 11.3 Å². The monoisotopic (exact) mass is 359 g/mol. The topological polar surface area (TPSA) is 72.4 Å². The van der Waals surface area contributed by atoms with Gasteiger partial charge in [-0.1, -0.05) is 0 Å². The number of carbonyl (C=O) groups excluding carboxylic acids is 2. The summed E-state index contributed by atoms with van der Waals surface area (Å²) < 4.78 is 18.9. The van der Waals surface area contributed by atoms with Crippen molar-refractivity contribution in [1.82, 2.24) is 9.97 Å². The van der Waals surface area contributed by atoms with E-state index in [2.05, 4.69) is 9.97 Å². The van der Waals surface area contributed by atoms with Crippen LogP contribution < -0.4 is 4.90 Å². The van der Waals surface area contributed by atoms with Crippen LogP contribution in [0.2, 0.25) is 0 Å². The summed E-state index contributed by atoms with van der Waals surface area (Å²) in [5.74, 6) is -1.70. The number of pyridine rings is 1. The van der Waals surface area contributed by atoms with Crippen molar-refractivity contribution < 1.29 is 18.7 Å². The molecule has 6 nitrogen and oxygen atoms in total. The molecular formula is C17H14FN3O3S. The van der Waals surface area contributed by atoms with Crippen molar-refractivity contribution in [3.05, 3.63) is 53.6 Å². The molecule has 0 N–H and O–H groups in total. The second-order valence-corrected chi connectivity index (χ2v) is 5.96. The third-order valence-electron chi connectivity index (χ3n) is 3.44. The standard InChI is InChI=1S/C17H14FN3O3S/c1-2-24-16(22)9-21(17(23)11-3-6-15(18)19-8-11)12-4-5-14-13(7-12)20-10-25-14/h3-8,10H,2,9H2,1H3. The van der Waals surface area contributed by atoms with E-state index in [9.17, 15) is 14.0 Å². The number of halogens is 1. The van der Waals surface area contributed by atoms with Crippen molar-refractivity contribution >= 4 is 39.1 Å². The molecule has 3 aromatic rings. The molecule has 0 aliphatic heterocycles. The number of hydrogen-bond acceptors (Lipinski definition) is 6. The number of hydrogen-bond donors (Lipinski definition) is 0. The van der Waals surface area contributed by atoms with Crippen LogP contribution in [-0.4, -0.2) is 35.0 Å². The van der Waals surface area contributed by atoms with Gasteiger partial charge in [0.15, 0.2) is 0 Å². The molecule has 0 saturated heterocycles. The summed E-state index contributed by atoms with van der Waals surface area (Å²) in [6.45, 7) is 1.64. The normalized spacial score (nSPS) is 10.6. The van der Waals surface area contributed by atoms with Crippen molar-refractivity contribution in [1.29, 1.82) is 0 Å².